The second-order valence-electron chi connectivity index (χ2n) is 8.50. The Kier molecular flexibility index (Phi) is 6.58. The number of aromatic nitrogens is 2. The molecule has 3 heterocycles. The molecule has 0 unspecified atom stereocenters. The Morgan fingerprint density at radius 2 is 1.85 bits per heavy atom. The second kappa shape index (κ2) is 10.1. The molecule has 5 aromatic rings. The molecule has 0 aliphatic heterocycles. The van der Waals surface area contributed by atoms with Crippen molar-refractivity contribution in [1.29, 1.82) is 0 Å². The van der Waals surface area contributed by atoms with Gasteiger partial charge < -0.3 is 9.32 Å². The molecule has 2 aromatic carbocycles. The van der Waals surface area contributed by atoms with Crippen molar-refractivity contribution in [2.45, 2.75) is 32.7 Å². The molecular formula is C28H27N3O2S. The fourth-order valence-electron chi connectivity index (χ4n) is 4.06. The number of benzene rings is 2. The predicted octanol–water partition coefficient (Wildman–Crippen LogP) is 6.17. The number of carbonyl (C=O) groups excluding carboxylic acids is 1. The summed E-state index contributed by atoms with van der Waals surface area (Å²) in [6, 6.07) is 22.4. The number of imidazole rings is 1. The lowest BCUT2D eigenvalue weighted by atomic mass is 10.1. The van der Waals surface area contributed by atoms with E-state index in [-0.39, 0.29) is 5.91 Å². The summed E-state index contributed by atoms with van der Waals surface area (Å²) in [6.45, 7) is 3.19. The Morgan fingerprint density at radius 1 is 1.03 bits per heavy atom. The Hall–Kier alpha value is -3.64. The van der Waals surface area contributed by atoms with E-state index in [0.29, 0.717) is 19.5 Å². The van der Waals surface area contributed by atoms with Crippen LogP contribution in [-0.2, 0) is 24.2 Å². The highest BCUT2D eigenvalue weighted by Gasteiger charge is 2.17. The molecule has 34 heavy (non-hydrogen) atoms. The normalized spacial score (nSPS) is 11.2. The third kappa shape index (κ3) is 5.13. The molecule has 1 amide bonds. The van der Waals surface area contributed by atoms with E-state index in [1.807, 2.05) is 35.2 Å². The highest BCUT2D eigenvalue weighted by Crippen LogP contribution is 2.24. The summed E-state index contributed by atoms with van der Waals surface area (Å²) in [7, 11) is 0. The number of thiazole rings is 1. The summed E-state index contributed by atoms with van der Waals surface area (Å²) in [4.78, 5) is 20.8. The van der Waals surface area contributed by atoms with Gasteiger partial charge in [-0.05, 0) is 31.0 Å². The molecule has 0 saturated carbocycles. The van der Waals surface area contributed by atoms with E-state index in [1.54, 1.807) is 17.6 Å². The van der Waals surface area contributed by atoms with Crippen molar-refractivity contribution in [3.05, 3.63) is 107 Å². The molecular weight excluding hydrogens is 442 g/mol. The van der Waals surface area contributed by atoms with Crippen molar-refractivity contribution < 1.29 is 9.21 Å². The Labute approximate surface area is 203 Å². The zero-order valence-electron chi connectivity index (χ0n) is 19.2. The van der Waals surface area contributed by atoms with Gasteiger partial charge in [-0.3, -0.25) is 9.20 Å². The first-order valence-corrected chi connectivity index (χ1v) is 12.4. The van der Waals surface area contributed by atoms with Gasteiger partial charge in [0.05, 0.1) is 18.5 Å². The average Bonchev–Trinajstić information content (AvgIpc) is 3.60. The largest absolute Gasteiger partial charge is 0.467 e. The summed E-state index contributed by atoms with van der Waals surface area (Å²) in [5, 5.41) is 2.14. The maximum Gasteiger partial charge on any atom is 0.223 e. The number of fused-ring (bicyclic) bond motifs is 1. The fourth-order valence-corrected chi connectivity index (χ4v) is 4.97. The van der Waals surface area contributed by atoms with Gasteiger partial charge in [0.2, 0.25) is 5.91 Å². The average molecular weight is 470 g/mol. The van der Waals surface area contributed by atoms with Crippen LogP contribution in [0.25, 0.3) is 16.2 Å². The van der Waals surface area contributed by atoms with Crippen molar-refractivity contribution in [3.8, 4) is 11.3 Å². The van der Waals surface area contributed by atoms with Gasteiger partial charge in [-0.25, -0.2) is 4.98 Å². The third-order valence-electron chi connectivity index (χ3n) is 6.02. The van der Waals surface area contributed by atoms with Crippen LogP contribution in [0, 0.1) is 6.92 Å². The molecule has 6 heteroatoms. The van der Waals surface area contributed by atoms with Crippen LogP contribution in [0.2, 0.25) is 0 Å². The van der Waals surface area contributed by atoms with Gasteiger partial charge >= 0.3 is 0 Å². The van der Waals surface area contributed by atoms with Crippen molar-refractivity contribution in [2.75, 3.05) is 6.54 Å². The van der Waals surface area contributed by atoms with Crippen LogP contribution in [0.15, 0.2) is 89.0 Å². The first kappa shape index (κ1) is 22.2. The molecule has 0 aliphatic carbocycles. The summed E-state index contributed by atoms with van der Waals surface area (Å²) in [5.74, 6) is 0.936. The van der Waals surface area contributed by atoms with Crippen LogP contribution in [-0.4, -0.2) is 26.7 Å². The maximum absolute atomic E-state index is 13.2. The molecule has 0 aliphatic rings. The predicted molar refractivity (Wildman–Crippen MR) is 136 cm³/mol. The van der Waals surface area contributed by atoms with Gasteiger partial charge in [-0.2, -0.15) is 0 Å². The highest BCUT2D eigenvalue weighted by atomic mass is 32.1. The second-order valence-corrected chi connectivity index (χ2v) is 9.34. The lowest BCUT2D eigenvalue weighted by molar-refractivity contribution is -0.132. The van der Waals surface area contributed by atoms with Crippen LogP contribution >= 0.6 is 11.3 Å². The van der Waals surface area contributed by atoms with E-state index >= 15 is 0 Å². The molecule has 3 aromatic heterocycles. The van der Waals surface area contributed by atoms with E-state index in [9.17, 15) is 4.79 Å². The van der Waals surface area contributed by atoms with Gasteiger partial charge in [-0.1, -0.05) is 60.2 Å². The number of carbonyl (C=O) groups is 1. The fraction of sp³-hybridized carbons (Fsp3) is 0.214. The van der Waals surface area contributed by atoms with Gasteiger partial charge in [0.15, 0.2) is 4.96 Å². The standard InChI is InChI=1S/C28H27N3O2S/c1-21-9-12-23(13-10-21)26-19-31-24(20-34-28(31)29-26)15-16-30(18-25-8-5-17-33-25)27(32)14-11-22-6-3-2-4-7-22/h2-10,12-13,17,19-20H,11,14-16,18H2,1H3. The maximum atomic E-state index is 13.2. The zero-order chi connectivity index (χ0) is 23.3. The SMILES string of the molecule is Cc1ccc(-c2cn3c(CCN(Cc4ccco4)C(=O)CCc4ccccc4)csc3n2)cc1. The van der Waals surface area contributed by atoms with Crippen LogP contribution < -0.4 is 0 Å². The number of furan rings is 1. The van der Waals surface area contributed by atoms with Gasteiger partial charge in [-0.15, -0.1) is 11.3 Å². The topological polar surface area (TPSA) is 50.8 Å². The highest BCUT2D eigenvalue weighted by molar-refractivity contribution is 7.15. The molecule has 5 nitrogen and oxygen atoms in total. The molecule has 5 rings (SSSR count). The quantitative estimate of drug-likeness (QED) is 0.259. The lowest BCUT2D eigenvalue weighted by Gasteiger charge is -2.22. The lowest BCUT2D eigenvalue weighted by Crippen LogP contribution is -2.32. The third-order valence-corrected chi connectivity index (χ3v) is 6.91. The molecule has 0 fully saturated rings. The Morgan fingerprint density at radius 3 is 2.62 bits per heavy atom. The van der Waals surface area contributed by atoms with Crippen molar-refractivity contribution in [2.24, 2.45) is 0 Å². The number of aryl methyl sites for hydroxylation is 2. The van der Waals surface area contributed by atoms with Crippen LogP contribution in [0.5, 0.6) is 0 Å². The molecule has 0 atom stereocenters. The molecule has 172 valence electrons. The minimum atomic E-state index is 0.137. The van der Waals surface area contributed by atoms with Crippen molar-refractivity contribution in [3.63, 3.8) is 0 Å². The number of amides is 1. The number of nitrogens with zero attached hydrogens (tertiary/aromatic N) is 3. The van der Waals surface area contributed by atoms with E-state index in [0.717, 1.165) is 40.5 Å². The Balaban J connectivity index is 1.30. The van der Waals surface area contributed by atoms with Crippen LogP contribution in [0.4, 0.5) is 0 Å². The van der Waals surface area contributed by atoms with Crippen molar-refractivity contribution in [1.82, 2.24) is 14.3 Å². The van der Waals surface area contributed by atoms with Gasteiger partial charge in [0.1, 0.15) is 5.76 Å². The van der Waals surface area contributed by atoms with E-state index in [2.05, 4.69) is 59.3 Å². The number of hydrogen-bond donors (Lipinski definition) is 0. The summed E-state index contributed by atoms with van der Waals surface area (Å²) >= 11 is 1.64. The molecule has 0 spiro atoms. The Bertz CT molecular complexity index is 1350. The minimum absolute atomic E-state index is 0.137. The van der Waals surface area contributed by atoms with E-state index in [4.69, 9.17) is 9.40 Å². The van der Waals surface area contributed by atoms with Crippen LogP contribution in [0.3, 0.4) is 0 Å². The van der Waals surface area contributed by atoms with Gasteiger partial charge in [0, 0.05) is 42.2 Å². The smallest absolute Gasteiger partial charge is 0.223 e. The first-order chi connectivity index (χ1) is 16.7. The van der Waals surface area contributed by atoms with E-state index < -0.39 is 0 Å². The molecule has 0 bridgehead atoms. The number of hydrogen-bond acceptors (Lipinski definition) is 4. The van der Waals surface area contributed by atoms with Crippen LogP contribution in [0.1, 0.15) is 29.0 Å². The summed E-state index contributed by atoms with van der Waals surface area (Å²) in [5.41, 5.74) is 5.66. The van der Waals surface area contributed by atoms with Gasteiger partial charge in [0.25, 0.3) is 0 Å². The summed E-state index contributed by atoms with van der Waals surface area (Å²) in [6.07, 6.45) is 5.72. The summed E-state index contributed by atoms with van der Waals surface area (Å²) < 4.78 is 7.69. The monoisotopic (exact) mass is 469 g/mol. The first-order valence-electron chi connectivity index (χ1n) is 11.5. The molecule has 0 radical (unpaired) electrons. The van der Waals surface area contributed by atoms with E-state index in [1.165, 1.54) is 11.1 Å². The zero-order valence-corrected chi connectivity index (χ0v) is 20.0. The molecule has 0 saturated heterocycles. The number of rotatable bonds is 9. The molecule has 0 N–H and O–H groups in total. The minimum Gasteiger partial charge on any atom is -0.467 e. The van der Waals surface area contributed by atoms with Crippen molar-refractivity contribution >= 4 is 22.2 Å².